The Kier molecular flexibility index (Phi) is 42.7. The first-order chi connectivity index (χ1) is 28.5. The van der Waals surface area contributed by atoms with Crippen LogP contribution >= 0.6 is 0 Å². The molecule has 0 saturated carbocycles. The van der Waals surface area contributed by atoms with Gasteiger partial charge < -0.3 is 14.2 Å². The molecule has 1 unspecified atom stereocenters. The fourth-order valence-corrected chi connectivity index (χ4v) is 5.66. The maximum Gasteiger partial charge on any atom is 0.306 e. The molecule has 0 fully saturated rings. The van der Waals surface area contributed by atoms with Crippen molar-refractivity contribution in [1.82, 2.24) is 0 Å². The summed E-state index contributed by atoms with van der Waals surface area (Å²) in [4.78, 5) is 37.5. The van der Waals surface area contributed by atoms with Gasteiger partial charge in [0.15, 0.2) is 6.10 Å². The Morgan fingerprint density at radius 3 is 1.12 bits per heavy atom. The van der Waals surface area contributed by atoms with Crippen LogP contribution in [0.3, 0.4) is 0 Å². The highest BCUT2D eigenvalue weighted by atomic mass is 16.6. The van der Waals surface area contributed by atoms with Crippen molar-refractivity contribution in [1.29, 1.82) is 0 Å². The lowest BCUT2D eigenvalue weighted by atomic mass is 10.1. The second kappa shape index (κ2) is 45.8. The molecule has 6 nitrogen and oxygen atoms in total. The monoisotopic (exact) mass is 803 g/mol. The molecule has 0 aromatic carbocycles. The highest BCUT2D eigenvalue weighted by Crippen LogP contribution is 2.11. The minimum absolute atomic E-state index is 0.116. The molecule has 0 aliphatic carbocycles. The molecule has 0 N–H and O–H groups in total. The lowest BCUT2D eigenvalue weighted by Crippen LogP contribution is -2.30. The second-order valence-corrected chi connectivity index (χ2v) is 14.5. The third kappa shape index (κ3) is 43.2. The van der Waals surface area contributed by atoms with Gasteiger partial charge in [0.25, 0.3) is 0 Å². The summed E-state index contributed by atoms with van der Waals surface area (Å²) >= 11 is 0. The van der Waals surface area contributed by atoms with Gasteiger partial charge in [-0.3, -0.25) is 14.4 Å². The molecule has 1 atom stereocenters. The van der Waals surface area contributed by atoms with E-state index in [9.17, 15) is 14.4 Å². The summed E-state index contributed by atoms with van der Waals surface area (Å²) < 4.78 is 16.5. The van der Waals surface area contributed by atoms with Crippen molar-refractivity contribution in [3.8, 4) is 0 Å². The normalized spacial score (nSPS) is 13.1. The minimum atomic E-state index is -0.821. The summed E-state index contributed by atoms with van der Waals surface area (Å²) in [5.74, 6) is -1.04. The maximum atomic E-state index is 12.6. The highest BCUT2D eigenvalue weighted by molar-refractivity contribution is 5.71. The van der Waals surface area contributed by atoms with Gasteiger partial charge in [-0.15, -0.1) is 0 Å². The van der Waals surface area contributed by atoms with Crippen LogP contribution < -0.4 is 0 Å². The first kappa shape index (κ1) is 54.1. The van der Waals surface area contributed by atoms with Crippen LogP contribution in [0.1, 0.15) is 181 Å². The topological polar surface area (TPSA) is 78.9 Å². The summed E-state index contributed by atoms with van der Waals surface area (Å²) in [6.07, 6.45) is 61.1. The first-order valence-electron chi connectivity index (χ1n) is 22.9. The lowest BCUT2D eigenvalue weighted by molar-refractivity contribution is -0.166. The molecule has 0 saturated heterocycles. The van der Waals surface area contributed by atoms with Crippen molar-refractivity contribution in [3.05, 3.63) is 109 Å². The molecular weight excluding hydrogens is 721 g/mol. The molecule has 0 aromatic rings. The van der Waals surface area contributed by atoms with Crippen molar-refractivity contribution in [2.75, 3.05) is 13.2 Å². The summed E-state index contributed by atoms with van der Waals surface area (Å²) in [5.41, 5.74) is 0. The number of hydrogen-bond donors (Lipinski definition) is 0. The number of allylic oxidation sites excluding steroid dienone is 18. The Labute approximate surface area is 355 Å². The smallest absolute Gasteiger partial charge is 0.306 e. The van der Waals surface area contributed by atoms with Gasteiger partial charge in [0.1, 0.15) is 13.2 Å². The summed E-state index contributed by atoms with van der Waals surface area (Å²) in [6.45, 7) is 6.23. The molecular formula is C52H82O6. The van der Waals surface area contributed by atoms with E-state index in [1.807, 2.05) is 12.2 Å². The fourth-order valence-electron chi connectivity index (χ4n) is 5.66. The Balaban J connectivity index is 4.37. The largest absolute Gasteiger partial charge is 0.462 e. The molecule has 58 heavy (non-hydrogen) atoms. The van der Waals surface area contributed by atoms with E-state index in [0.717, 1.165) is 116 Å². The van der Waals surface area contributed by atoms with Gasteiger partial charge in [0.05, 0.1) is 0 Å². The second-order valence-electron chi connectivity index (χ2n) is 14.5. The number of unbranched alkanes of at least 4 members (excludes halogenated alkanes) is 10. The van der Waals surface area contributed by atoms with E-state index in [1.165, 1.54) is 19.3 Å². The van der Waals surface area contributed by atoms with Crippen LogP contribution in [0.5, 0.6) is 0 Å². The number of ether oxygens (including phenoxy) is 3. The van der Waals surface area contributed by atoms with Gasteiger partial charge >= 0.3 is 17.9 Å². The van der Waals surface area contributed by atoms with Crippen LogP contribution in [0.2, 0.25) is 0 Å². The number of esters is 3. The van der Waals surface area contributed by atoms with Gasteiger partial charge in [-0.05, 0) is 89.9 Å². The molecule has 0 heterocycles. The molecule has 0 bridgehead atoms. The minimum Gasteiger partial charge on any atom is -0.462 e. The van der Waals surface area contributed by atoms with Crippen molar-refractivity contribution in [2.45, 2.75) is 187 Å². The van der Waals surface area contributed by atoms with Crippen molar-refractivity contribution >= 4 is 17.9 Å². The quantitative estimate of drug-likeness (QED) is 0.0267. The lowest BCUT2D eigenvalue weighted by Gasteiger charge is -2.18. The average molecular weight is 803 g/mol. The van der Waals surface area contributed by atoms with Crippen LogP contribution in [0.4, 0.5) is 0 Å². The van der Waals surface area contributed by atoms with Crippen molar-refractivity contribution in [2.24, 2.45) is 0 Å². The van der Waals surface area contributed by atoms with Gasteiger partial charge in [0.2, 0.25) is 0 Å². The first-order valence-corrected chi connectivity index (χ1v) is 22.9. The number of rotatable bonds is 39. The molecule has 326 valence electrons. The van der Waals surface area contributed by atoms with Crippen LogP contribution in [0, 0.1) is 0 Å². The SMILES string of the molecule is CC/C=C\C/C=C\C/C=C\C/C=C\C/C=C\CCCCCCCC(=O)OCC(COC(=O)CCCCCCCC)OC(=O)CC/C=C\C/C=C\C/C=C\C/C=C\CC. The summed E-state index contributed by atoms with van der Waals surface area (Å²) in [6, 6.07) is 0. The third-order valence-corrected chi connectivity index (χ3v) is 9.04. The van der Waals surface area contributed by atoms with Crippen molar-refractivity contribution < 1.29 is 28.6 Å². The van der Waals surface area contributed by atoms with Gasteiger partial charge in [-0.25, -0.2) is 0 Å². The molecule has 0 aromatic heterocycles. The van der Waals surface area contributed by atoms with E-state index in [-0.39, 0.29) is 31.6 Å². The molecule has 6 heteroatoms. The zero-order valence-corrected chi connectivity index (χ0v) is 37.0. The van der Waals surface area contributed by atoms with Crippen LogP contribution in [-0.4, -0.2) is 37.2 Å². The predicted molar refractivity (Wildman–Crippen MR) is 247 cm³/mol. The molecule has 0 aliphatic rings. The average Bonchev–Trinajstić information content (AvgIpc) is 3.22. The zero-order valence-electron chi connectivity index (χ0n) is 37.0. The predicted octanol–water partition coefficient (Wildman–Crippen LogP) is 14.8. The maximum absolute atomic E-state index is 12.6. The summed E-state index contributed by atoms with van der Waals surface area (Å²) in [7, 11) is 0. The van der Waals surface area contributed by atoms with Crippen LogP contribution in [0.15, 0.2) is 109 Å². The van der Waals surface area contributed by atoms with Gasteiger partial charge in [-0.1, -0.05) is 182 Å². The molecule has 0 rings (SSSR count). The van der Waals surface area contributed by atoms with E-state index in [0.29, 0.717) is 19.3 Å². The zero-order chi connectivity index (χ0) is 42.3. The Morgan fingerprint density at radius 1 is 0.362 bits per heavy atom. The van der Waals surface area contributed by atoms with Crippen LogP contribution in [0.25, 0.3) is 0 Å². The third-order valence-electron chi connectivity index (χ3n) is 9.04. The molecule has 0 aliphatic heterocycles. The fraction of sp³-hybridized carbons (Fsp3) is 0.596. The number of carbonyl (C=O) groups is 3. The number of carbonyl (C=O) groups excluding carboxylic acids is 3. The molecule has 0 amide bonds. The molecule has 0 spiro atoms. The van der Waals surface area contributed by atoms with Crippen molar-refractivity contribution in [3.63, 3.8) is 0 Å². The Bertz CT molecular complexity index is 1240. The highest BCUT2D eigenvalue weighted by Gasteiger charge is 2.19. The summed E-state index contributed by atoms with van der Waals surface area (Å²) in [5, 5.41) is 0. The Hall–Kier alpha value is -3.93. The van der Waals surface area contributed by atoms with E-state index in [4.69, 9.17) is 14.2 Å². The van der Waals surface area contributed by atoms with Gasteiger partial charge in [-0.2, -0.15) is 0 Å². The Morgan fingerprint density at radius 2 is 0.707 bits per heavy atom. The van der Waals surface area contributed by atoms with E-state index < -0.39 is 12.1 Å². The van der Waals surface area contributed by atoms with E-state index in [1.54, 1.807) is 0 Å². The van der Waals surface area contributed by atoms with E-state index in [2.05, 4.69) is 118 Å². The number of hydrogen-bond acceptors (Lipinski definition) is 6. The molecule has 0 radical (unpaired) electrons. The van der Waals surface area contributed by atoms with Gasteiger partial charge in [0, 0.05) is 19.3 Å². The standard InChI is InChI=1S/C52H82O6/c1-4-7-10-13-16-18-20-22-23-24-25-26-27-28-29-31-32-34-36-39-42-45-51(54)57-48-49(47-56-50(53)44-41-38-15-12-9-6-3)58-52(55)46-43-40-37-35-33-30-21-19-17-14-11-8-5-2/h7-8,10-11,16-19,22-23,25-26,28-30,33,37,40,49H,4-6,9,12-15,20-21,24,27,31-32,34-36,38-39,41-48H2,1-3H3/b10-7-,11-8-,18-16-,19-17-,23-22-,26-25-,29-28-,33-30-,40-37-. The van der Waals surface area contributed by atoms with E-state index >= 15 is 0 Å². The van der Waals surface area contributed by atoms with Crippen LogP contribution in [-0.2, 0) is 28.6 Å².